The molecule has 0 aliphatic carbocycles. The van der Waals surface area contributed by atoms with Crippen molar-refractivity contribution in [2.24, 2.45) is 0 Å². The van der Waals surface area contributed by atoms with Gasteiger partial charge in [-0.1, -0.05) is 60.7 Å². The van der Waals surface area contributed by atoms with Crippen LogP contribution in [0.4, 0.5) is 0 Å². The average molecular weight is 328 g/mol. The van der Waals surface area contributed by atoms with Crippen LogP contribution in [0.25, 0.3) is 0 Å². The molecule has 0 aromatic heterocycles. The fourth-order valence-corrected chi connectivity index (χ4v) is 2.85. The highest BCUT2D eigenvalue weighted by Gasteiger charge is 2.38. The van der Waals surface area contributed by atoms with E-state index < -0.39 is 12.2 Å². The van der Waals surface area contributed by atoms with Gasteiger partial charge in [0.1, 0.15) is 18.3 Å². The maximum Gasteiger partial charge on any atom is 0.112 e. The van der Waals surface area contributed by atoms with Gasteiger partial charge in [-0.05, 0) is 18.1 Å². The highest BCUT2D eigenvalue weighted by atomic mass is 16.6. The second-order valence-electron chi connectivity index (χ2n) is 6.13. The second kappa shape index (κ2) is 8.40. The molecule has 1 fully saturated rings. The number of hydrogen-bond donors (Lipinski definition) is 1. The van der Waals surface area contributed by atoms with Crippen LogP contribution in [0.3, 0.4) is 0 Å². The summed E-state index contributed by atoms with van der Waals surface area (Å²) in [7, 11) is 0. The summed E-state index contributed by atoms with van der Waals surface area (Å²) in [5, 5.41) is 10.6. The third-order valence-electron chi connectivity index (χ3n) is 4.30. The summed E-state index contributed by atoms with van der Waals surface area (Å²) in [6, 6.07) is 19.8. The molecule has 1 heterocycles. The van der Waals surface area contributed by atoms with Gasteiger partial charge in [0, 0.05) is 0 Å². The van der Waals surface area contributed by atoms with Crippen LogP contribution in [0.1, 0.15) is 18.1 Å². The van der Waals surface area contributed by atoms with E-state index in [0.29, 0.717) is 19.8 Å². The molecule has 2 aromatic rings. The van der Waals surface area contributed by atoms with Crippen LogP contribution >= 0.6 is 0 Å². The van der Waals surface area contributed by atoms with Gasteiger partial charge < -0.3 is 19.3 Å². The molecule has 4 nitrogen and oxygen atoms in total. The van der Waals surface area contributed by atoms with Gasteiger partial charge in [-0.3, -0.25) is 0 Å². The Hall–Kier alpha value is -1.72. The zero-order valence-corrected chi connectivity index (χ0v) is 13.9. The molecule has 1 saturated heterocycles. The zero-order chi connectivity index (χ0) is 16.8. The van der Waals surface area contributed by atoms with Gasteiger partial charge in [0.15, 0.2) is 0 Å². The first-order valence-electron chi connectivity index (χ1n) is 8.35. The predicted molar refractivity (Wildman–Crippen MR) is 91.5 cm³/mol. The minimum Gasteiger partial charge on any atom is -0.387 e. The SMILES string of the molecule is CC1OCC(OCc2ccccc2)C(O)C1OCc1ccccc1. The first-order chi connectivity index (χ1) is 11.7. The molecule has 0 radical (unpaired) electrons. The third kappa shape index (κ3) is 4.42. The van der Waals surface area contributed by atoms with E-state index in [4.69, 9.17) is 14.2 Å². The summed E-state index contributed by atoms with van der Waals surface area (Å²) in [6.45, 7) is 3.19. The fraction of sp³-hybridized carbons (Fsp3) is 0.400. The number of hydrogen-bond acceptors (Lipinski definition) is 4. The van der Waals surface area contributed by atoms with E-state index in [1.807, 2.05) is 67.6 Å². The van der Waals surface area contributed by atoms with Crippen molar-refractivity contribution >= 4 is 0 Å². The van der Waals surface area contributed by atoms with Crippen molar-refractivity contribution in [3.05, 3.63) is 71.8 Å². The van der Waals surface area contributed by atoms with Crippen LogP contribution in [-0.4, -0.2) is 36.1 Å². The van der Waals surface area contributed by atoms with Crippen LogP contribution in [0, 0.1) is 0 Å². The summed E-state index contributed by atoms with van der Waals surface area (Å²) in [5.41, 5.74) is 2.15. The van der Waals surface area contributed by atoms with Gasteiger partial charge in [-0.25, -0.2) is 0 Å². The Bertz CT molecular complexity index is 602. The lowest BCUT2D eigenvalue weighted by Crippen LogP contribution is -2.53. The van der Waals surface area contributed by atoms with Gasteiger partial charge in [0.2, 0.25) is 0 Å². The highest BCUT2D eigenvalue weighted by Crippen LogP contribution is 2.22. The quantitative estimate of drug-likeness (QED) is 0.886. The lowest BCUT2D eigenvalue weighted by atomic mass is 10.0. The smallest absolute Gasteiger partial charge is 0.112 e. The summed E-state index contributed by atoms with van der Waals surface area (Å²) < 4.78 is 17.5. The number of aliphatic hydroxyl groups excluding tert-OH is 1. The number of ether oxygens (including phenoxy) is 3. The van der Waals surface area contributed by atoms with E-state index in [2.05, 4.69) is 0 Å². The normalized spacial score (nSPS) is 27.1. The van der Waals surface area contributed by atoms with Crippen molar-refractivity contribution in [1.29, 1.82) is 0 Å². The van der Waals surface area contributed by atoms with Gasteiger partial charge in [-0.2, -0.15) is 0 Å². The maximum atomic E-state index is 10.6. The molecular formula is C20H24O4. The molecule has 0 bridgehead atoms. The molecule has 1 aliphatic rings. The van der Waals surface area contributed by atoms with E-state index in [0.717, 1.165) is 11.1 Å². The topological polar surface area (TPSA) is 47.9 Å². The molecule has 1 aliphatic heterocycles. The summed E-state index contributed by atoms with van der Waals surface area (Å²) in [4.78, 5) is 0. The lowest BCUT2D eigenvalue weighted by molar-refractivity contribution is -0.217. The number of aliphatic hydroxyl groups is 1. The average Bonchev–Trinajstić information content (AvgIpc) is 2.63. The number of benzene rings is 2. The largest absolute Gasteiger partial charge is 0.387 e. The van der Waals surface area contributed by atoms with Crippen LogP contribution in [0.2, 0.25) is 0 Å². The van der Waals surface area contributed by atoms with Crippen molar-refractivity contribution < 1.29 is 19.3 Å². The molecule has 4 atom stereocenters. The lowest BCUT2D eigenvalue weighted by Gasteiger charge is -2.38. The molecule has 2 aromatic carbocycles. The second-order valence-corrected chi connectivity index (χ2v) is 6.13. The molecule has 4 heteroatoms. The Balaban J connectivity index is 1.55. The third-order valence-corrected chi connectivity index (χ3v) is 4.30. The maximum absolute atomic E-state index is 10.6. The first kappa shape index (κ1) is 17.1. The first-order valence-corrected chi connectivity index (χ1v) is 8.35. The van der Waals surface area contributed by atoms with E-state index in [-0.39, 0.29) is 12.2 Å². The standard InChI is InChI=1S/C20H24O4/c1-15-20(24-13-17-10-6-3-7-11-17)19(21)18(14-22-15)23-12-16-8-4-2-5-9-16/h2-11,15,18-21H,12-14H2,1H3. The van der Waals surface area contributed by atoms with Crippen molar-refractivity contribution in [3.8, 4) is 0 Å². The molecule has 0 amide bonds. The Morgan fingerprint density at radius 3 is 2.04 bits per heavy atom. The van der Waals surface area contributed by atoms with E-state index in [1.54, 1.807) is 0 Å². The van der Waals surface area contributed by atoms with Crippen molar-refractivity contribution in [2.45, 2.75) is 44.6 Å². The molecule has 0 saturated carbocycles. The molecule has 128 valence electrons. The Labute approximate surface area is 143 Å². The van der Waals surface area contributed by atoms with Crippen LogP contribution in [0.5, 0.6) is 0 Å². The van der Waals surface area contributed by atoms with Crippen LogP contribution in [0.15, 0.2) is 60.7 Å². The van der Waals surface area contributed by atoms with E-state index >= 15 is 0 Å². The Morgan fingerprint density at radius 2 is 1.46 bits per heavy atom. The van der Waals surface area contributed by atoms with Gasteiger partial charge in [0.05, 0.1) is 25.9 Å². The molecule has 24 heavy (non-hydrogen) atoms. The Kier molecular flexibility index (Phi) is 5.99. The zero-order valence-electron chi connectivity index (χ0n) is 13.9. The molecule has 3 rings (SSSR count). The van der Waals surface area contributed by atoms with Gasteiger partial charge in [0.25, 0.3) is 0 Å². The summed E-state index contributed by atoms with van der Waals surface area (Å²) >= 11 is 0. The minimum absolute atomic E-state index is 0.166. The van der Waals surface area contributed by atoms with Gasteiger partial charge >= 0.3 is 0 Å². The molecule has 1 N–H and O–H groups in total. The Morgan fingerprint density at radius 1 is 0.917 bits per heavy atom. The van der Waals surface area contributed by atoms with Crippen molar-refractivity contribution in [3.63, 3.8) is 0 Å². The van der Waals surface area contributed by atoms with Crippen molar-refractivity contribution in [1.82, 2.24) is 0 Å². The molecular weight excluding hydrogens is 304 g/mol. The van der Waals surface area contributed by atoms with Crippen LogP contribution < -0.4 is 0 Å². The fourth-order valence-electron chi connectivity index (χ4n) is 2.85. The van der Waals surface area contributed by atoms with E-state index in [1.165, 1.54) is 0 Å². The van der Waals surface area contributed by atoms with Gasteiger partial charge in [-0.15, -0.1) is 0 Å². The number of rotatable bonds is 6. The monoisotopic (exact) mass is 328 g/mol. The highest BCUT2D eigenvalue weighted by molar-refractivity contribution is 5.14. The molecule has 0 spiro atoms. The predicted octanol–water partition coefficient (Wildman–Crippen LogP) is 2.94. The minimum atomic E-state index is -0.707. The van der Waals surface area contributed by atoms with Crippen molar-refractivity contribution in [2.75, 3.05) is 6.61 Å². The van der Waals surface area contributed by atoms with Crippen LogP contribution in [-0.2, 0) is 27.4 Å². The molecule has 4 unspecified atom stereocenters. The summed E-state index contributed by atoms with van der Waals surface area (Å²) in [6.07, 6.45) is -1.66. The summed E-state index contributed by atoms with van der Waals surface area (Å²) in [5.74, 6) is 0. The van der Waals surface area contributed by atoms with E-state index in [9.17, 15) is 5.11 Å².